The molecule has 3 heteroatoms. The first-order valence-electron chi connectivity index (χ1n) is 8.42. The lowest BCUT2D eigenvalue weighted by Crippen LogP contribution is -2.52. The summed E-state index contributed by atoms with van der Waals surface area (Å²) in [6, 6.07) is 3.70. The van der Waals surface area contributed by atoms with Gasteiger partial charge in [0.15, 0.2) is 0 Å². The largest absolute Gasteiger partial charge is 0.326 e. The Labute approximate surface area is 132 Å². The van der Waals surface area contributed by atoms with Gasteiger partial charge in [0.05, 0.1) is 5.54 Å². The molecular weight excluding hydrogens is 272 g/mol. The van der Waals surface area contributed by atoms with E-state index in [2.05, 4.69) is 43.2 Å². The van der Waals surface area contributed by atoms with Crippen LogP contribution in [0, 0.1) is 5.92 Å². The van der Waals surface area contributed by atoms with E-state index in [0.717, 1.165) is 25.1 Å². The zero-order valence-electron chi connectivity index (χ0n) is 13.8. The molecule has 0 radical (unpaired) electrons. The summed E-state index contributed by atoms with van der Waals surface area (Å²) in [5, 5.41) is 3.84. The van der Waals surface area contributed by atoms with Crippen molar-refractivity contribution in [2.45, 2.75) is 52.0 Å². The molecule has 3 nitrogen and oxygen atoms in total. The summed E-state index contributed by atoms with van der Waals surface area (Å²) in [5.41, 5.74) is 5.15. The van der Waals surface area contributed by atoms with E-state index in [1.807, 2.05) is 6.07 Å². The second kappa shape index (κ2) is 5.88. The second-order valence-electron chi connectivity index (χ2n) is 6.64. The number of unbranched alkanes of at least 4 members (excludes halogenated alkanes) is 1. The number of rotatable bonds is 4. The first-order chi connectivity index (χ1) is 10.6. The number of H-pyrrole nitrogens is 1. The maximum Gasteiger partial charge on any atom is 0.248 e. The van der Waals surface area contributed by atoms with Crippen LogP contribution in [0.15, 0.2) is 40.2 Å². The van der Waals surface area contributed by atoms with Crippen LogP contribution in [0.4, 0.5) is 0 Å². The summed E-state index contributed by atoms with van der Waals surface area (Å²) >= 11 is 0. The molecule has 3 rings (SSSR count). The Morgan fingerprint density at radius 3 is 3.00 bits per heavy atom. The maximum absolute atomic E-state index is 11.7. The molecule has 0 saturated heterocycles. The van der Waals surface area contributed by atoms with Crippen molar-refractivity contribution in [3.05, 3.63) is 57.0 Å². The molecule has 0 amide bonds. The standard InChI is InChI=1S/C19H26N2O/c1-4-6-9-20-19-12-13(3)10-14(15(19)5-2)11-17-16(19)7-8-18(22)21-17/h5,7-8,10,14,20H,4,6,9,11-12H2,1-3H3,(H,21,22)/b15-5+. The monoisotopic (exact) mass is 298 g/mol. The summed E-state index contributed by atoms with van der Waals surface area (Å²) in [6.07, 6.45) is 8.91. The van der Waals surface area contributed by atoms with Crippen LogP contribution in [0.5, 0.6) is 0 Å². The van der Waals surface area contributed by atoms with E-state index in [4.69, 9.17) is 0 Å². The lowest BCUT2D eigenvalue weighted by Gasteiger charge is -2.48. The number of allylic oxidation sites excluding steroid dienone is 2. The fraction of sp³-hybridized carbons (Fsp3) is 0.526. The third-order valence-corrected chi connectivity index (χ3v) is 5.07. The number of fused-ring (bicyclic) bond motifs is 4. The highest BCUT2D eigenvalue weighted by atomic mass is 16.1. The van der Waals surface area contributed by atoms with Gasteiger partial charge in [0.1, 0.15) is 0 Å². The average Bonchev–Trinajstić information content (AvgIpc) is 2.46. The first-order valence-corrected chi connectivity index (χ1v) is 8.42. The topological polar surface area (TPSA) is 44.9 Å². The van der Waals surface area contributed by atoms with E-state index in [9.17, 15) is 4.79 Å². The molecule has 1 aromatic rings. The molecule has 0 fully saturated rings. The number of aromatic nitrogens is 1. The maximum atomic E-state index is 11.7. The normalized spacial score (nSPS) is 28.4. The van der Waals surface area contributed by atoms with Crippen molar-refractivity contribution in [1.29, 1.82) is 0 Å². The van der Waals surface area contributed by atoms with Crippen molar-refractivity contribution < 1.29 is 0 Å². The molecular formula is C19H26N2O. The minimum Gasteiger partial charge on any atom is -0.326 e. The molecule has 2 aliphatic rings. The number of hydrogen-bond acceptors (Lipinski definition) is 2. The van der Waals surface area contributed by atoms with Gasteiger partial charge in [-0.15, -0.1) is 0 Å². The van der Waals surface area contributed by atoms with Gasteiger partial charge in [-0.3, -0.25) is 4.79 Å². The smallest absolute Gasteiger partial charge is 0.248 e. The molecule has 1 aromatic heterocycles. The van der Waals surface area contributed by atoms with E-state index in [-0.39, 0.29) is 11.1 Å². The number of hydrogen-bond donors (Lipinski definition) is 2. The minimum absolute atomic E-state index is 0.00478. The van der Waals surface area contributed by atoms with E-state index < -0.39 is 0 Å². The SMILES string of the molecule is C/C=C1\C2C=C(C)CC1(NCCCC)c1ccc(=O)[nH]c1C2. The zero-order chi connectivity index (χ0) is 15.7. The number of nitrogens with one attached hydrogen (secondary N) is 2. The molecule has 1 heterocycles. The van der Waals surface area contributed by atoms with E-state index >= 15 is 0 Å². The molecule has 0 saturated carbocycles. The van der Waals surface area contributed by atoms with E-state index in [1.165, 1.54) is 29.6 Å². The Morgan fingerprint density at radius 1 is 1.45 bits per heavy atom. The van der Waals surface area contributed by atoms with Gasteiger partial charge >= 0.3 is 0 Å². The summed E-state index contributed by atoms with van der Waals surface area (Å²) in [5.74, 6) is 0.401. The van der Waals surface area contributed by atoms with Crippen molar-refractivity contribution in [2.75, 3.05) is 6.54 Å². The first kappa shape index (κ1) is 15.3. The minimum atomic E-state index is -0.134. The molecule has 2 N–H and O–H groups in total. The highest BCUT2D eigenvalue weighted by molar-refractivity contribution is 5.49. The van der Waals surface area contributed by atoms with Crippen LogP contribution in [-0.4, -0.2) is 11.5 Å². The molecule has 118 valence electrons. The molecule has 2 unspecified atom stereocenters. The number of aromatic amines is 1. The average molecular weight is 298 g/mol. The summed E-state index contributed by atoms with van der Waals surface area (Å²) in [4.78, 5) is 14.8. The Kier molecular flexibility index (Phi) is 4.09. The van der Waals surface area contributed by atoms with Crippen LogP contribution in [0.2, 0.25) is 0 Å². The molecule has 2 aliphatic carbocycles. The molecule has 22 heavy (non-hydrogen) atoms. The highest BCUT2D eigenvalue weighted by Gasteiger charge is 2.46. The summed E-state index contributed by atoms with van der Waals surface area (Å²) in [7, 11) is 0. The van der Waals surface area contributed by atoms with Crippen LogP contribution >= 0.6 is 0 Å². The van der Waals surface area contributed by atoms with Crippen molar-refractivity contribution >= 4 is 0 Å². The van der Waals surface area contributed by atoms with Crippen molar-refractivity contribution in [3.63, 3.8) is 0 Å². The van der Waals surface area contributed by atoms with Crippen molar-refractivity contribution in [2.24, 2.45) is 5.92 Å². The summed E-state index contributed by atoms with van der Waals surface area (Å²) in [6.45, 7) is 7.60. The van der Waals surface area contributed by atoms with Gasteiger partial charge in [0.2, 0.25) is 5.56 Å². The second-order valence-corrected chi connectivity index (χ2v) is 6.64. The lowest BCUT2D eigenvalue weighted by atomic mass is 9.63. The van der Waals surface area contributed by atoms with Gasteiger partial charge in [0, 0.05) is 17.7 Å². The fourth-order valence-corrected chi connectivity index (χ4v) is 4.25. The third kappa shape index (κ3) is 2.38. The molecule has 0 aromatic carbocycles. The molecule has 2 bridgehead atoms. The molecule has 0 aliphatic heterocycles. The van der Waals surface area contributed by atoms with Crippen LogP contribution in [-0.2, 0) is 12.0 Å². The Bertz CT molecular complexity index is 683. The number of pyridine rings is 1. The van der Waals surface area contributed by atoms with E-state index in [1.54, 1.807) is 6.07 Å². The Balaban J connectivity index is 2.14. The van der Waals surface area contributed by atoms with Gasteiger partial charge in [-0.2, -0.15) is 0 Å². The van der Waals surface area contributed by atoms with Crippen molar-refractivity contribution in [1.82, 2.24) is 10.3 Å². The lowest BCUT2D eigenvalue weighted by molar-refractivity contribution is 0.321. The third-order valence-electron chi connectivity index (χ3n) is 5.07. The zero-order valence-corrected chi connectivity index (χ0v) is 13.8. The molecule has 0 spiro atoms. The van der Waals surface area contributed by atoms with E-state index in [0.29, 0.717) is 5.92 Å². The van der Waals surface area contributed by atoms with Crippen LogP contribution in [0.25, 0.3) is 0 Å². The Hall–Kier alpha value is -1.61. The van der Waals surface area contributed by atoms with Gasteiger partial charge in [0.25, 0.3) is 0 Å². The molecule has 2 atom stereocenters. The van der Waals surface area contributed by atoms with Crippen LogP contribution < -0.4 is 10.9 Å². The Morgan fingerprint density at radius 2 is 2.27 bits per heavy atom. The summed E-state index contributed by atoms with van der Waals surface area (Å²) < 4.78 is 0. The van der Waals surface area contributed by atoms with Gasteiger partial charge in [-0.1, -0.05) is 31.1 Å². The van der Waals surface area contributed by atoms with Crippen molar-refractivity contribution in [3.8, 4) is 0 Å². The quantitative estimate of drug-likeness (QED) is 0.661. The van der Waals surface area contributed by atoms with Gasteiger partial charge in [-0.25, -0.2) is 0 Å². The van der Waals surface area contributed by atoms with Crippen LogP contribution in [0.1, 0.15) is 51.3 Å². The van der Waals surface area contributed by atoms with Gasteiger partial charge in [-0.05, 0) is 56.9 Å². The predicted molar refractivity (Wildman–Crippen MR) is 91.0 cm³/mol. The fourth-order valence-electron chi connectivity index (χ4n) is 4.25. The predicted octanol–water partition coefficient (Wildman–Crippen LogP) is 3.43. The highest BCUT2D eigenvalue weighted by Crippen LogP contribution is 2.49. The van der Waals surface area contributed by atoms with Gasteiger partial charge < -0.3 is 10.3 Å². The van der Waals surface area contributed by atoms with Crippen LogP contribution in [0.3, 0.4) is 0 Å².